The Morgan fingerprint density at radius 1 is 1.24 bits per heavy atom. The van der Waals surface area contributed by atoms with Crippen LogP contribution in [0, 0.1) is 0 Å². The van der Waals surface area contributed by atoms with Gasteiger partial charge in [0, 0.05) is 13.2 Å². The van der Waals surface area contributed by atoms with E-state index in [9.17, 15) is 0 Å². The normalized spacial score (nSPS) is 19.6. The van der Waals surface area contributed by atoms with Crippen LogP contribution in [-0.4, -0.2) is 34.4 Å². The van der Waals surface area contributed by atoms with Gasteiger partial charge in [-0.15, -0.1) is 10.2 Å². The molecular weight excluding hydrogens is 216 g/mol. The van der Waals surface area contributed by atoms with Crippen LogP contribution in [0.1, 0.15) is 12.8 Å². The Hall–Kier alpha value is -1.75. The fraction of sp³-hybridized carbons (Fsp3) is 0.417. The summed E-state index contributed by atoms with van der Waals surface area (Å²) in [6, 6.07) is 7.71. The molecule has 88 valence electrons. The lowest BCUT2D eigenvalue weighted by atomic mass is 10.2. The minimum Gasteiger partial charge on any atom is -0.376 e. The molecule has 17 heavy (non-hydrogen) atoms. The molecule has 1 aliphatic heterocycles. The second kappa shape index (κ2) is 4.63. The van der Waals surface area contributed by atoms with Crippen molar-refractivity contribution < 1.29 is 4.74 Å². The van der Waals surface area contributed by atoms with Crippen molar-refractivity contribution in [1.29, 1.82) is 0 Å². The highest BCUT2D eigenvalue weighted by Gasteiger charge is 2.15. The van der Waals surface area contributed by atoms with Crippen LogP contribution >= 0.6 is 0 Å². The molecule has 3 rings (SSSR count). The van der Waals surface area contributed by atoms with E-state index in [0.717, 1.165) is 37.0 Å². The molecule has 1 unspecified atom stereocenters. The molecule has 0 bridgehead atoms. The SMILES string of the molecule is c1ccc2nc(NCC3CCCO3)nnc2c1. The average Bonchev–Trinajstić information content (AvgIpc) is 2.89. The number of nitrogens with zero attached hydrogens (tertiary/aromatic N) is 3. The highest BCUT2D eigenvalue weighted by atomic mass is 16.5. The lowest BCUT2D eigenvalue weighted by Gasteiger charge is -2.10. The third-order valence-electron chi connectivity index (χ3n) is 2.87. The molecular formula is C12H14N4O. The second-order valence-electron chi connectivity index (χ2n) is 4.14. The largest absolute Gasteiger partial charge is 0.376 e. The van der Waals surface area contributed by atoms with Crippen molar-refractivity contribution in [2.45, 2.75) is 18.9 Å². The maximum Gasteiger partial charge on any atom is 0.243 e. The van der Waals surface area contributed by atoms with Gasteiger partial charge in [-0.3, -0.25) is 0 Å². The molecule has 0 radical (unpaired) electrons. The molecule has 5 heteroatoms. The molecule has 1 atom stereocenters. The first-order valence-electron chi connectivity index (χ1n) is 5.87. The number of anilines is 1. The van der Waals surface area contributed by atoms with Gasteiger partial charge >= 0.3 is 0 Å². The van der Waals surface area contributed by atoms with Crippen LogP contribution in [0.15, 0.2) is 24.3 Å². The van der Waals surface area contributed by atoms with Gasteiger partial charge in [-0.25, -0.2) is 4.98 Å². The highest BCUT2D eigenvalue weighted by molar-refractivity contribution is 5.73. The van der Waals surface area contributed by atoms with E-state index >= 15 is 0 Å². The van der Waals surface area contributed by atoms with Crippen LogP contribution in [-0.2, 0) is 4.74 Å². The van der Waals surface area contributed by atoms with Crippen molar-refractivity contribution in [3.05, 3.63) is 24.3 Å². The Labute approximate surface area is 99.2 Å². The third-order valence-corrected chi connectivity index (χ3v) is 2.87. The molecule has 1 saturated heterocycles. The van der Waals surface area contributed by atoms with E-state index < -0.39 is 0 Å². The average molecular weight is 230 g/mol. The van der Waals surface area contributed by atoms with Crippen LogP contribution in [0.2, 0.25) is 0 Å². The van der Waals surface area contributed by atoms with Crippen LogP contribution < -0.4 is 5.32 Å². The molecule has 2 heterocycles. The van der Waals surface area contributed by atoms with E-state index in [2.05, 4.69) is 20.5 Å². The predicted octanol–water partition coefficient (Wildman–Crippen LogP) is 1.62. The molecule has 1 aromatic carbocycles. The molecule has 1 aliphatic rings. The first-order chi connectivity index (χ1) is 8.42. The van der Waals surface area contributed by atoms with Gasteiger partial charge in [-0.1, -0.05) is 12.1 Å². The Morgan fingerprint density at radius 3 is 2.94 bits per heavy atom. The summed E-state index contributed by atoms with van der Waals surface area (Å²) < 4.78 is 5.52. The molecule has 0 spiro atoms. The van der Waals surface area contributed by atoms with Crippen LogP contribution in [0.25, 0.3) is 11.0 Å². The minimum absolute atomic E-state index is 0.282. The molecule has 0 aliphatic carbocycles. The van der Waals surface area contributed by atoms with Gasteiger partial charge in [0.15, 0.2) is 0 Å². The number of nitrogens with one attached hydrogen (secondary N) is 1. The molecule has 1 fully saturated rings. The monoisotopic (exact) mass is 230 g/mol. The smallest absolute Gasteiger partial charge is 0.243 e. The van der Waals surface area contributed by atoms with E-state index in [1.165, 1.54) is 0 Å². The lowest BCUT2D eigenvalue weighted by Crippen LogP contribution is -2.19. The van der Waals surface area contributed by atoms with Crippen LogP contribution in [0.5, 0.6) is 0 Å². The van der Waals surface area contributed by atoms with Gasteiger partial charge in [-0.2, -0.15) is 0 Å². The van der Waals surface area contributed by atoms with E-state index in [4.69, 9.17) is 4.74 Å². The number of rotatable bonds is 3. The van der Waals surface area contributed by atoms with E-state index in [1.807, 2.05) is 24.3 Å². The number of ether oxygens (including phenoxy) is 1. The van der Waals surface area contributed by atoms with Crippen molar-refractivity contribution in [1.82, 2.24) is 15.2 Å². The van der Waals surface area contributed by atoms with Crippen LogP contribution in [0.4, 0.5) is 5.95 Å². The standard InChI is InChI=1S/C12H14N4O/c1-2-6-11-10(5-1)14-12(16-15-11)13-8-9-4-3-7-17-9/h1-2,5-6,9H,3-4,7-8H2,(H,13,14,16). The summed E-state index contributed by atoms with van der Waals surface area (Å²) in [6.45, 7) is 1.61. The topological polar surface area (TPSA) is 59.9 Å². The molecule has 1 N–H and O–H groups in total. The van der Waals surface area contributed by atoms with Crippen LogP contribution in [0.3, 0.4) is 0 Å². The second-order valence-corrected chi connectivity index (χ2v) is 4.14. The Morgan fingerprint density at radius 2 is 2.12 bits per heavy atom. The number of fused-ring (bicyclic) bond motifs is 1. The van der Waals surface area contributed by atoms with E-state index in [-0.39, 0.29) is 6.10 Å². The number of hydrogen-bond acceptors (Lipinski definition) is 5. The van der Waals surface area contributed by atoms with Gasteiger partial charge in [0.25, 0.3) is 0 Å². The van der Waals surface area contributed by atoms with Crippen molar-refractivity contribution >= 4 is 17.0 Å². The molecule has 0 amide bonds. The lowest BCUT2D eigenvalue weighted by molar-refractivity contribution is 0.120. The summed E-state index contributed by atoms with van der Waals surface area (Å²) in [5.74, 6) is 0.569. The van der Waals surface area contributed by atoms with Crippen molar-refractivity contribution in [3.8, 4) is 0 Å². The van der Waals surface area contributed by atoms with Crippen molar-refractivity contribution in [2.24, 2.45) is 0 Å². The number of para-hydroxylation sites is 1. The highest BCUT2D eigenvalue weighted by Crippen LogP contribution is 2.13. The predicted molar refractivity (Wildman–Crippen MR) is 64.8 cm³/mol. The van der Waals surface area contributed by atoms with Gasteiger partial charge in [-0.05, 0) is 25.0 Å². The van der Waals surface area contributed by atoms with Gasteiger partial charge < -0.3 is 10.1 Å². The maximum absolute atomic E-state index is 5.52. The summed E-state index contributed by atoms with van der Waals surface area (Å²) in [4.78, 5) is 4.40. The molecule has 5 nitrogen and oxygen atoms in total. The zero-order valence-electron chi connectivity index (χ0n) is 9.47. The first-order valence-corrected chi connectivity index (χ1v) is 5.87. The van der Waals surface area contributed by atoms with Gasteiger partial charge in [0.05, 0.1) is 11.6 Å². The molecule has 0 saturated carbocycles. The zero-order valence-corrected chi connectivity index (χ0v) is 9.47. The van der Waals surface area contributed by atoms with Gasteiger partial charge in [0.1, 0.15) is 5.52 Å². The summed E-state index contributed by atoms with van der Waals surface area (Å²) in [6.07, 6.45) is 2.53. The number of hydrogen-bond donors (Lipinski definition) is 1. The summed E-state index contributed by atoms with van der Waals surface area (Å²) >= 11 is 0. The Balaban J connectivity index is 1.72. The first kappa shape index (κ1) is 10.4. The number of benzene rings is 1. The molecule has 2 aromatic rings. The third kappa shape index (κ3) is 2.34. The summed E-state index contributed by atoms with van der Waals surface area (Å²) in [5, 5.41) is 11.3. The fourth-order valence-corrected chi connectivity index (χ4v) is 1.97. The van der Waals surface area contributed by atoms with E-state index in [1.54, 1.807) is 0 Å². The summed E-state index contributed by atoms with van der Waals surface area (Å²) in [5.41, 5.74) is 1.67. The fourth-order valence-electron chi connectivity index (χ4n) is 1.97. The van der Waals surface area contributed by atoms with Crippen molar-refractivity contribution in [2.75, 3.05) is 18.5 Å². The van der Waals surface area contributed by atoms with Crippen molar-refractivity contribution in [3.63, 3.8) is 0 Å². The summed E-state index contributed by atoms with van der Waals surface area (Å²) in [7, 11) is 0. The minimum atomic E-state index is 0.282. The number of aromatic nitrogens is 3. The Bertz CT molecular complexity index is 511. The Kier molecular flexibility index (Phi) is 2.83. The quantitative estimate of drug-likeness (QED) is 0.868. The zero-order chi connectivity index (χ0) is 11.5. The van der Waals surface area contributed by atoms with Gasteiger partial charge in [0.2, 0.25) is 5.95 Å². The molecule has 1 aromatic heterocycles. The van der Waals surface area contributed by atoms with E-state index in [0.29, 0.717) is 5.95 Å². The maximum atomic E-state index is 5.52.